The van der Waals surface area contributed by atoms with Crippen LogP contribution < -0.4 is 5.56 Å². The highest BCUT2D eigenvalue weighted by molar-refractivity contribution is 7.98. The highest BCUT2D eigenvalue weighted by Crippen LogP contribution is 2.27. The number of nitrogens with zero attached hydrogens (tertiary/aromatic N) is 4. The van der Waals surface area contributed by atoms with Gasteiger partial charge >= 0.3 is 0 Å². The Labute approximate surface area is 181 Å². The molecule has 0 radical (unpaired) electrons. The average molecular weight is 446 g/mol. The summed E-state index contributed by atoms with van der Waals surface area (Å²) in [5, 5.41) is 11.2. The number of aromatic amines is 1. The molecule has 0 aliphatic heterocycles. The average Bonchev–Trinajstić information content (AvgIpc) is 3.09. The molecule has 0 amide bonds. The third-order valence-electron chi connectivity index (χ3n) is 4.32. The zero-order valence-corrected chi connectivity index (χ0v) is 17.9. The molecule has 0 aliphatic carbocycles. The van der Waals surface area contributed by atoms with Crippen LogP contribution in [0.25, 0.3) is 22.3 Å². The van der Waals surface area contributed by atoms with Crippen LogP contribution in [0.1, 0.15) is 19.2 Å². The van der Waals surface area contributed by atoms with Crippen LogP contribution in [0.3, 0.4) is 0 Å². The molecule has 4 rings (SSSR count). The van der Waals surface area contributed by atoms with Gasteiger partial charge < -0.3 is 9.55 Å². The number of thioether (sulfide) groups is 1. The number of benzene rings is 2. The van der Waals surface area contributed by atoms with Crippen LogP contribution in [0.4, 0.5) is 0 Å². The largest absolute Gasteiger partial charge is 0.309 e. The molecule has 4 aromatic rings. The Morgan fingerprint density at radius 3 is 2.59 bits per heavy atom. The first-order chi connectivity index (χ1) is 14.0. The Balaban J connectivity index is 1.62. The van der Waals surface area contributed by atoms with E-state index >= 15 is 0 Å². The summed E-state index contributed by atoms with van der Waals surface area (Å²) in [7, 11) is 0. The lowest BCUT2D eigenvalue weighted by atomic mass is 10.2. The summed E-state index contributed by atoms with van der Waals surface area (Å²) in [5.74, 6) is 1.81. The third kappa shape index (κ3) is 4.32. The SMILES string of the molecule is CCCn1c(SCc2nc3cc(Cl)ccc3c(=O)[nH]2)nnc1-c1ccc(Cl)cc1. The van der Waals surface area contributed by atoms with Crippen molar-refractivity contribution < 1.29 is 0 Å². The highest BCUT2D eigenvalue weighted by atomic mass is 35.5. The first-order valence-corrected chi connectivity index (χ1v) is 10.8. The predicted molar refractivity (Wildman–Crippen MR) is 118 cm³/mol. The minimum Gasteiger partial charge on any atom is -0.309 e. The molecule has 0 saturated carbocycles. The maximum atomic E-state index is 12.3. The zero-order valence-electron chi connectivity index (χ0n) is 15.5. The smallest absolute Gasteiger partial charge is 0.258 e. The molecule has 2 heterocycles. The van der Waals surface area contributed by atoms with E-state index < -0.39 is 0 Å². The van der Waals surface area contributed by atoms with Crippen molar-refractivity contribution >= 4 is 45.9 Å². The number of hydrogen-bond donors (Lipinski definition) is 1. The fourth-order valence-electron chi connectivity index (χ4n) is 3.00. The molecule has 1 N–H and O–H groups in total. The molecule has 0 atom stereocenters. The van der Waals surface area contributed by atoms with Crippen LogP contribution >= 0.6 is 35.0 Å². The van der Waals surface area contributed by atoms with Crippen LogP contribution in [0.5, 0.6) is 0 Å². The summed E-state index contributed by atoms with van der Waals surface area (Å²) in [5.41, 5.74) is 1.35. The van der Waals surface area contributed by atoms with Crippen molar-refractivity contribution in [3.05, 3.63) is 68.7 Å². The van der Waals surface area contributed by atoms with Gasteiger partial charge in [-0.2, -0.15) is 0 Å². The summed E-state index contributed by atoms with van der Waals surface area (Å²) >= 11 is 13.5. The second-order valence-corrected chi connectivity index (χ2v) is 8.24. The molecule has 0 saturated heterocycles. The Kier molecular flexibility index (Phi) is 5.89. The first-order valence-electron chi connectivity index (χ1n) is 9.05. The van der Waals surface area contributed by atoms with Gasteiger partial charge in [0, 0.05) is 22.2 Å². The van der Waals surface area contributed by atoms with Crippen molar-refractivity contribution in [3.8, 4) is 11.4 Å². The number of hydrogen-bond acceptors (Lipinski definition) is 5. The van der Waals surface area contributed by atoms with E-state index in [0.29, 0.717) is 32.5 Å². The summed E-state index contributed by atoms with van der Waals surface area (Å²) in [6.45, 7) is 2.89. The Bertz CT molecular complexity index is 1220. The Hall–Kier alpha value is -2.35. The molecule has 2 aromatic heterocycles. The number of halogens is 2. The summed E-state index contributed by atoms with van der Waals surface area (Å²) in [4.78, 5) is 19.7. The van der Waals surface area contributed by atoms with Gasteiger partial charge in [0.1, 0.15) is 5.82 Å². The minimum atomic E-state index is -0.181. The van der Waals surface area contributed by atoms with E-state index in [2.05, 4.69) is 31.7 Å². The van der Waals surface area contributed by atoms with E-state index in [-0.39, 0.29) is 5.56 Å². The van der Waals surface area contributed by atoms with Gasteiger partial charge in [0.15, 0.2) is 11.0 Å². The van der Waals surface area contributed by atoms with Crippen molar-refractivity contribution in [1.29, 1.82) is 0 Å². The van der Waals surface area contributed by atoms with Crippen LogP contribution in [0.2, 0.25) is 10.0 Å². The normalized spacial score (nSPS) is 11.3. The molecular formula is C20H17Cl2N5OS. The zero-order chi connectivity index (χ0) is 20.4. The van der Waals surface area contributed by atoms with Gasteiger partial charge in [-0.3, -0.25) is 4.79 Å². The predicted octanol–water partition coefficient (Wildman–Crippen LogP) is 5.19. The number of aromatic nitrogens is 5. The molecule has 2 aromatic carbocycles. The Morgan fingerprint density at radius 1 is 1.07 bits per heavy atom. The molecule has 29 heavy (non-hydrogen) atoms. The quantitative estimate of drug-likeness (QED) is 0.413. The number of nitrogens with one attached hydrogen (secondary N) is 1. The molecule has 9 heteroatoms. The summed E-state index contributed by atoms with van der Waals surface area (Å²) in [6, 6.07) is 12.6. The van der Waals surface area contributed by atoms with Crippen molar-refractivity contribution in [2.45, 2.75) is 30.8 Å². The van der Waals surface area contributed by atoms with Crippen LogP contribution in [0, 0.1) is 0 Å². The molecular weight excluding hydrogens is 429 g/mol. The summed E-state index contributed by atoms with van der Waals surface area (Å²) in [6.07, 6.45) is 0.940. The lowest BCUT2D eigenvalue weighted by molar-refractivity contribution is 0.626. The maximum absolute atomic E-state index is 12.3. The van der Waals surface area contributed by atoms with E-state index in [1.165, 1.54) is 11.8 Å². The highest BCUT2D eigenvalue weighted by Gasteiger charge is 2.15. The molecule has 0 aliphatic rings. The first kappa shape index (κ1) is 19.9. The van der Waals surface area contributed by atoms with Gasteiger partial charge in [0.25, 0.3) is 5.56 Å². The van der Waals surface area contributed by atoms with E-state index in [4.69, 9.17) is 23.2 Å². The maximum Gasteiger partial charge on any atom is 0.258 e. The Morgan fingerprint density at radius 2 is 1.83 bits per heavy atom. The van der Waals surface area contributed by atoms with Gasteiger partial charge in [0.05, 0.1) is 16.7 Å². The standard InChI is InChI=1S/C20H17Cl2N5OS/c1-2-9-27-18(12-3-5-13(21)6-4-12)25-26-20(27)29-11-17-23-16-10-14(22)7-8-15(16)19(28)24-17/h3-8,10H,2,9,11H2,1H3,(H,23,24,28). The lowest BCUT2D eigenvalue weighted by Gasteiger charge is -2.09. The van der Waals surface area contributed by atoms with E-state index in [1.54, 1.807) is 18.2 Å². The van der Waals surface area contributed by atoms with E-state index in [9.17, 15) is 4.79 Å². The molecule has 0 fully saturated rings. The second kappa shape index (κ2) is 8.57. The number of rotatable bonds is 6. The molecule has 6 nitrogen and oxygen atoms in total. The van der Waals surface area contributed by atoms with Crippen LogP contribution in [-0.4, -0.2) is 24.7 Å². The van der Waals surface area contributed by atoms with Gasteiger partial charge in [-0.1, -0.05) is 41.9 Å². The van der Waals surface area contributed by atoms with Crippen LogP contribution in [0.15, 0.2) is 52.4 Å². The topological polar surface area (TPSA) is 76.5 Å². The fourth-order valence-corrected chi connectivity index (χ4v) is 4.12. The summed E-state index contributed by atoms with van der Waals surface area (Å²) < 4.78 is 2.07. The van der Waals surface area contributed by atoms with Gasteiger partial charge in [0.2, 0.25) is 0 Å². The monoisotopic (exact) mass is 445 g/mol. The molecule has 0 spiro atoms. The fraction of sp³-hybridized carbons (Fsp3) is 0.200. The minimum absolute atomic E-state index is 0.181. The van der Waals surface area contributed by atoms with Crippen molar-refractivity contribution in [2.24, 2.45) is 0 Å². The molecule has 0 unspecified atom stereocenters. The van der Waals surface area contributed by atoms with Crippen molar-refractivity contribution in [2.75, 3.05) is 0 Å². The van der Waals surface area contributed by atoms with E-state index in [1.807, 2.05) is 24.3 Å². The number of H-pyrrole nitrogens is 1. The lowest BCUT2D eigenvalue weighted by Crippen LogP contribution is -2.11. The number of fused-ring (bicyclic) bond motifs is 1. The van der Waals surface area contributed by atoms with Gasteiger partial charge in [-0.15, -0.1) is 10.2 Å². The van der Waals surface area contributed by atoms with Crippen molar-refractivity contribution in [1.82, 2.24) is 24.7 Å². The van der Waals surface area contributed by atoms with Gasteiger partial charge in [-0.25, -0.2) is 4.98 Å². The van der Waals surface area contributed by atoms with E-state index in [0.717, 1.165) is 29.5 Å². The van der Waals surface area contributed by atoms with Crippen molar-refractivity contribution in [3.63, 3.8) is 0 Å². The third-order valence-corrected chi connectivity index (χ3v) is 5.79. The molecule has 0 bridgehead atoms. The molecule has 148 valence electrons. The second-order valence-electron chi connectivity index (χ2n) is 6.43. The van der Waals surface area contributed by atoms with Crippen LogP contribution in [-0.2, 0) is 12.3 Å². The van der Waals surface area contributed by atoms with Gasteiger partial charge in [-0.05, 0) is 48.9 Å².